The average Bonchev–Trinajstić information content (AvgIpc) is 3.21. The zero-order valence-corrected chi connectivity index (χ0v) is 15.3. The number of hydrogen-bond acceptors (Lipinski definition) is 4. The number of amides is 2. The highest BCUT2D eigenvalue weighted by Crippen LogP contribution is 2.14. The number of benzene rings is 2. The van der Waals surface area contributed by atoms with Crippen LogP contribution in [0, 0.1) is 0 Å². The predicted molar refractivity (Wildman–Crippen MR) is 103 cm³/mol. The first kappa shape index (κ1) is 18.9. The summed E-state index contributed by atoms with van der Waals surface area (Å²) < 4.78 is 11.1. The van der Waals surface area contributed by atoms with Crippen molar-refractivity contribution in [2.75, 3.05) is 18.5 Å². The molecule has 1 heterocycles. The normalized spacial score (nSPS) is 17.1. The maximum Gasteiger partial charge on any atom is 0.265 e. The Bertz CT molecular complexity index is 756. The summed E-state index contributed by atoms with van der Waals surface area (Å²) in [6, 6.07) is 16.0. The van der Waals surface area contributed by atoms with Crippen LogP contribution in [0.5, 0.6) is 5.75 Å². The van der Waals surface area contributed by atoms with Crippen LogP contribution in [0.2, 0.25) is 0 Å². The van der Waals surface area contributed by atoms with E-state index in [2.05, 4.69) is 10.6 Å². The lowest BCUT2D eigenvalue weighted by atomic mass is 10.1. The van der Waals surface area contributed by atoms with Crippen molar-refractivity contribution in [2.45, 2.75) is 32.0 Å². The Kier molecular flexibility index (Phi) is 6.44. The second kappa shape index (κ2) is 9.19. The van der Waals surface area contributed by atoms with Crippen LogP contribution in [0.1, 0.15) is 30.1 Å². The van der Waals surface area contributed by atoms with Crippen LogP contribution >= 0.6 is 0 Å². The first-order valence-corrected chi connectivity index (χ1v) is 9.14. The van der Waals surface area contributed by atoms with E-state index in [1.807, 2.05) is 18.2 Å². The molecule has 2 atom stereocenters. The molecule has 1 saturated heterocycles. The standard InChI is InChI=1S/C21H24N2O4/c1-15(27-18-6-3-2-4-7-18)20(24)23-17-11-9-16(10-12-17)21(25)22-14-19-8-5-13-26-19/h2-4,6-7,9-12,15,19H,5,8,13-14H2,1H3,(H,22,25)(H,23,24)/t15-,19+/m1/s1. The molecule has 6 heteroatoms. The van der Waals surface area contributed by atoms with E-state index >= 15 is 0 Å². The number of carbonyl (C=O) groups excluding carboxylic acids is 2. The van der Waals surface area contributed by atoms with Gasteiger partial charge in [0.25, 0.3) is 11.8 Å². The van der Waals surface area contributed by atoms with Crippen molar-refractivity contribution in [1.29, 1.82) is 0 Å². The SMILES string of the molecule is C[C@@H](Oc1ccccc1)C(=O)Nc1ccc(C(=O)NC[C@@H]2CCCO2)cc1. The van der Waals surface area contributed by atoms with Crippen molar-refractivity contribution in [2.24, 2.45) is 0 Å². The van der Waals surface area contributed by atoms with E-state index in [1.165, 1.54) is 0 Å². The molecule has 0 saturated carbocycles. The Morgan fingerprint density at radius 3 is 2.56 bits per heavy atom. The molecule has 0 bridgehead atoms. The molecule has 0 aliphatic carbocycles. The van der Waals surface area contributed by atoms with Crippen molar-refractivity contribution in [3.63, 3.8) is 0 Å². The molecule has 0 spiro atoms. The Labute approximate surface area is 158 Å². The van der Waals surface area contributed by atoms with Crippen molar-refractivity contribution < 1.29 is 19.1 Å². The molecule has 0 radical (unpaired) electrons. The smallest absolute Gasteiger partial charge is 0.265 e. The Morgan fingerprint density at radius 1 is 1.15 bits per heavy atom. The number of para-hydroxylation sites is 1. The molecule has 1 aliphatic heterocycles. The zero-order valence-electron chi connectivity index (χ0n) is 15.3. The summed E-state index contributed by atoms with van der Waals surface area (Å²) in [4.78, 5) is 24.4. The summed E-state index contributed by atoms with van der Waals surface area (Å²) in [5, 5.41) is 5.66. The fourth-order valence-corrected chi connectivity index (χ4v) is 2.82. The maximum absolute atomic E-state index is 12.3. The molecule has 3 rings (SSSR count). The van der Waals surface area contributed by atoms with Gasteiger partial charge in [-0.3, -0.25) is 9.59 Å². The molecular formula is C21H24N2O4. The number of ether oxygens (including phenoxy) is 2. The summed E-state index contributed by atoms with van der Waals surface area (Å²) in [5.74, 6) is 0.233. The fourth-order valence-electron chi connectivity index (χ4n) is 2.82. The van der Waals surface area contributed by atoms with Crippen LogP contribution in [0.4, 0.5) is 5.69 Å². The Balaban J connectivity index is 1.49. The van der Waals surface area contributed by atoms with Gasteiger partial charge in [-0.1, -0.05) is 18.2 Å². The zero-order chi connectivity index (χ0) is 19.1. The summed E-state index contributed by atoms with van der Waals surface area (Å²) in [6.45, 7) is 2.97. The van der Waals surface area contributed by atoms with Crippen LogP contribution in [-0.4, -0.2) is 37.2 Å². The molecule has 2 aromatic carbocycles. The molecular weight excluding hydrogens is 344 g/mol. The average molecular weight is 368 g/mol. The molecule has 1 aliphatic rings. The van der Waals surface area contributed by atoms with Crippen molar-refractivity contribution >= 4 is 17.5 Å². The number of anilines is 1. The van der Waals surface area contributed by atoms with Crippen LogP contribution < -0.4 is 15.4 Å². The van der Waals surface area contributed by atoms with Gasteiger partial charge < -0.3 is 20.1 Å². The lowest BCUT2D eigenvalue weighted by molar-refractivity contribution is -0.122. The molecule has 0 aromatic heterocycles. The van der Waals surface area contributed by atoms with Crippen LogP contribution in [0.3, 0.4) is 0 Å². The second-order valence-electron chi connectivity index (χ2n) is 6.48. The van der Waals surface area contributed by atoms with Gasteiger partial charge in [0.1, 0.15) is 5.75 Å². The topological polar surface area (TPSA) is 76.7 Å². The lowest BCUT2D eigenvalue weighted by Gasteiger charge is -2.15. The lowest BCUT2D eigenvalue weighted by Crippen LogP contribution is -2.32. The van der Waals surface area contributed by atoms with E-state index in [1.54, 1.807) is 43.3 Å². The maximum atomic E-state index is 12.3. The Hall–Kier alpha value is -2.86. The van der Waals surface area contributed by atoms with Crippen LogP contribution in [-0.2, 0) is 9.53 Å². The number of hydrogen-bond donors (Lipinski definition) is 2. The molecule has 1 fully saturated rings. The van der Waals surface area contributed by atoms with E-state index in [9.17, 15) is 9.59 Å². The van der Waals surface area contributed by atoms with Gasteiger partial charge in [-0.25, -0.2) is 0 Å². The van der Waals surface area contributed by atoms with Crippen molar-refractivity contribution in [1.82, 2.24) is 5.32 Å². The van der Waals surface area contributed by atoms with Gasteiger partial charge in [-0.15, -0.1) is 0 Å². The largest absolute Gasteiger partial charge is 0.481 e. The fraction of sp³-hybridized carbons (Fsp3) is 0.333. The van der Waals surface area contributed by atoms with E-state index in [0.29, 0.717) is 23.5 Å². The first-order valence-electron chi connectivity index (χ1n) is 9.14. The predicted octanol–water partition coefficient (Wildman–Crippen LogP) is 3.00. The third-order valence-electron chi connectivity index (χ3n) is 4.35. The third kappa shape index (κ3) is 5.56. The molecule has 142 valence electrons. The minimum atomic E-state index is -0.637. The summed E-state index contributed by atoms with van der Waals surface area (Å²) in [6.07, 6.45) is 1.50. The van der Waals surface area contributed by atoms with Gasteiger partial charge in [0, 0.05) is 24.4 Å². The van der Waals surface area contributed by atoms with E-state index < -0.39 is 6.10 Å². The van der Waals surface area contributed by atoms with Gasteiger partial charge in [-0.2, -0.15) is 0 Å². The van der Waals surface area contributed by atoms with Crippen molar-refractivity contribution in [3.8, 4) is 5.75 Å². The summed E-state index contributed by atoms with van der Waals surface area (Å²) in [7, 11) is 0. The minimum Gasteiger partial charge on any atom is -0.481 e. The molecule has 2 amide bonds. The number of rotatable bonds is 7. The number of nitrogens with one attached hydrogen (secondary N) is 2. The highest BCUT2D eigenvalue weighted by atomic mass is 16.5. The molecule has 2 aromatic rings. The van der Waals surface area contributed by atoms with Crippen LogP contribution in [0.25, 0.3) is 0 Å². The monoisotopic (exact) mass is 368 g/mol. The van der Waals surface area contributed by atoms with E-state index in [0.717, 1.165) is 19.4 Å². The quantitative estimate of drug-likeness (QED) is 0.788. The highest BCUT2D eigenvalue weighted by Gasteiger charge is 2.17. The van der Waals surface area contributed by atoms with Gasteiger partial charge >= 0.3 is 0 Å². The summed E-state index contributed by atoms with van der Waals surface area (Å²) in [5.41, 5.74) is 1.15. The van der Waals surface area contributed by atoms with Gasteiger partial charge in [0.2, 0.25) is 0 Å². The first-order chi connectivity index (χ1) is 13.1. The highest BCUT2D eigenvalue weighted by molar-refractivity contribution is 5.96. The van der Waals surface area contributed by atoms with Gasteiger partial charge in [0.15, 0.2) is 6.10 Å². The second-order valence-corrected chi connectivity index (χ2v) is 6.48. The van der Waals surface area contributed by atoms with Gasteiger partial charge in [-0.05, 0) is 56.2 Å². The summed E-state index contributed by atoms with van der Waals surface area (Å²) >= 11 is 0. The number of carbonyl (C=O) groups is 2. The van der Waals surface area contributed by atoms with E-state index in [4.69, 9.17) is 9.47 Å². The van der Waals surface area contributed by atoms with Gasteiger partial charge in [0.05, 0.1) is 6.10 Å². The molecule has 6 nitrogen and oxygen atoms in total. The van der Waals surface area contributed by atoms with E-state index in [-0.39, 0.29) is 17.9 Å². The third-order valence-corrected chi connectivity index (χ3v) is 4.35. The Morgan fingerprint density at radius 2 is 1.89 bits per heavy atom. The van der Waals surface area contributed by atoms with Crippen LogP contribution in [0.15, 0.2) is 54.6 Å². The molecule has 27 heavy (non-hydrogen) atoms. The molecule has 0 unspecified atom stereocenters. The minimum absolute atomic E-state index is 0.110. The molecule has 2 N–H and O–H groups in total. The van der Waals surface area contributed by atoms with Crippen molar-refractivity contribution in [3.05, 3.63) is 60.2 Å².